The first-order valence-electron chi connectivity index (χ1n) is 10.0. The van der Waals surface area contributed by atoms with Gasteiger partial charge in [-0.15, -0.1) is 10.2 Å². The molecule has 0 saturated carbocycles. The van der Waals surface area contributed by atoms with Crippen molar-refractivity contribution in [1.29, 1.82) is 0 Å². The van der Waals surface area contributed by atoms with Crippen LogP contribution in [0.1, 0.15) is 35.1 Å². The molecule has 7 heteroatoms. The molecule has 1 aliphatic heterocycles. The monoisotopic (exact) mass is 423 g/mol. The van der Waals surface area contributed by atoms with Gasteiger partial charge in [-0.2, -0.15) is 0 Å². The Hall–Kier alpha value is -2.80. The molecule has 4 rings (SSSR count). The lowest BCUT2D eigenvalue weighted by Crippen LogP contribution is -2.40. The third-order valence-electron chi connectivity index (χ3n) is 5.21. The van der Waals surface area contributed by atoms with E-state index in [0.29, 0.717) is 17.7 Å². The van der Waals surface area contributed by atoms with Crippen LogP contribution in [0.15, 0.2) is 52.1 Å². The second-order valence-corrected chi connectivity index (χ2v) is 8.85. The van der Waals surface area contributed by atoms with Gasteiger partial charge in [0.1, 0.15) is 5.75 Å². The molecule has 2 heterocycles. The summed E-state index contributed by atoms with van der Waals surface area (Å²) in [7, 11) is 0. The fraction of sp³-hybridized carbons (Fsp3) is 0.348. The minimum Gasteiger partial charge on any atom is -0.484 e. The number of nitrogens with zero attached hydrogens (tertiary/aromatic N) is 3. The van der Waals surface area contributed by atoms with E-state index in [4.69, 9.17) is 9.15 Å². The highest BCUT2D eigenvalue weighted by atomic mass is 32.2. The summed E-state index contributed by atoms with van der Waals surface area (Å²) in [6.07, 6.45) is 0.889. The summed E-state index contributed by atoms with van der Waals surface area (Å²) in [5.74, 6) is 1.28. The average molecular weight is 424 g/mol. The maximum Gasteiger partial charge on any atom is 0.277 e. The van der Waals surface area contributed by atoms with Gasteiger partial charge in [0.15, 0.2) is 6.61 Å². The minimum atomic E-state index is -0.302. The topological polar surface area (TPSA) is 68.5 Å². The van der Waals surface area contributed by atoms with Crippen molar-refractivity contribution in [1.82, 2.24) is 15.1 Å². The number of ether oxygens (including phenoxy) is 1. The molecule has 0 unspecified atom stereocenters. The Morgan fingerprint density at radius 2 is 2.00 bits per heavy atom. The number of aryl methyl sites for hydroxylation is 2. The van der Waals surface area contributed by atoms with E-state index in [9.17, 15) is 4.79 Å². The van der Waals surface area contributed by atoms with Gasteiger partial charge in [-0.25, -0.2) is 0 Å². The van der Waals surface area contributed by atoms with Gasteiger partial charge in [-0.1, -0.05) is 48.2 Å². The largest absolute Gasteiger partial charge is 0.484 e. The summed E-state index contributed by atoms with van der Waals surface area (Å²) in [4.78, 5) is 14.8. The smallest absolute Gasteiger partial charge is 0.277 e. The van der Waals surface area contributed by atoms with E-state index in [1.807, 2.05) is 56.0 Å². The molecule has 1 atom stereocenters. The summed E-state index contributed by atoms with van der Waals surface area (Å²) in [6, 6.07) is 14.3. The first kappa shape index (κ1) is 20.5. The molecule has 0 bridgehead atoms. The molecule has 0 saturated heterocycles. The molecule has 6 nitrogen and oxygen atoms in total. The molecule has 0 N–H and O–H groups in total. The number of aromatic nitrogens is 2. The van der Waals surface area contributed by atoms with E-state index in [-0.39, 0.29) is 17.8 Å². The Labute approximate surface area is 180 Å². The molecule has 0 fully saturated rings. The number of amides is 1. The van der Waals surface area contributed by atoms with E-state index in [1.54, 1.807) is 0 Å². The van der Waals surface area contributed by atoms with Gasteiger partial charge in [0, 0.05) is 13.1 Å². The van der Waals surface area contributed by atoms with Crippen LogP contribution in [0.3, 0.4) is 0 Å². The van der Waals surface area contributed by atoms with Crippen LogP contribution in [0.4, 0.5) is 0 Å². The summed E-state index contributed by atoms with van der Waals surface area (Å²) in [5.41, 5.74) is 4.73. The van der Waals surface area contributed by atoms with E-state index in [0.717, 1.165) is 29.8 Å². The lowest BCUT2D eigenvalue weighted by atomic mass is 10.00. The Morgan fingerprint density at radius 1 is 1.20 bits per heavy atom. The third kappa shape index (κ3) is 4.67. The molecule has 0 spiro atoms. The lowest BCUT2D eigenvalue weighted by molar-refractivity contribution is -0.131. The molecule has 1 amide bonds. The molecule has 1 aliphatic rings. The fourth-order valence-corrected chi connectivity index (χ4v) is 4.27. The second kappa shape index (κ2) is 8.92. The van der Waals surface area contributed by atoms with Crippen molar-refractivity contribution in [2.75, 3.05) is 6.54 Å². The van der Waals surface area contributed by atoms with Gasteiger partial charge in [0.25, 0.3) is 11.1 Å². The predicted molar refractivity (Wildman–Crippen MR) is 115 cm³/mol. The number of benzene rings is 2. The first-order chi connectivity index (χ1) is 14.5. The number of rotatable bonds is 6. The van der Waals surface area contributed by atoms with Crippen LogP contribution < -0.4 is 4.74 Å². The van der Waals surface area contributed by atoms with Crippen LogP contribution in [-0.4, -0.2) is 32.8 Å². The van der Waals surface area contributed by atoms with Gasteiger partial charge < -0.3 is 14.1 Å². The van der Waals surface area contributed by atoms with Crippen molar-refractivity contribution in [3.8, 4) is 5.75 Å². The molecular weight excluding hydrogens is 398 g/mol. The third-order valence-corrected chi connectivity index (χ3v) is 6.13. The van der Waals surface area contributed by atoms with Gasteiger partial charge in [-0.3, -0.25) is 4.79 Å². The van der Waals surface area contributed by atoms with Gasteiger partial charge >= 0.3 is 0 Å². The lowest BCUT2D eigenvalue weighted by Gasteiger charge is -2.30. The number of hydrogen-bond acceptors (Lipinski definition) is 6. The van der Waals surface area contributed by atoms with Crippen LogP contribution in [0, 0.1) is 13.8 Å². The van der Waals surface area contributed by atoms with Crippen molar-refractivity contribution < 1.29 is 13.9 Å². The first-order valence-corrected chi connectivity index (χ1v) is 10.9. The highest BCUT2D eigenvalue weighted by Gasteiger charge is 2.26. The SMILES string of the molecule is Cc1ccc(C)c(OCc2nnc(S[C@H](C)C(=O)N3CCc4ccccc4C3)o2)c1. The van der Waals surface area contributed by atoms with Crippen molar-refractivity contribution >= 4 is 17.7 Å². The summed E-state index contributed by atoms with van der Waals surface area (Å²) in [6.45, 7) is 7.48. The van der Waals surface area contributed by atoms with Gasteiger partial charge in [0.05, 0.1) is 5.25 Å². The van der Waals surface area contributed by atoms with Crippen LogP contribution >= 0.6 is 11.8 Å². The zero-order valence-electron chi connectivity index (χ0n) is 17.4. The van der Waals surface area contributed by atoms with Crippen molar-refractivity contribution in [3.63, 3.8) is 0 Å². The summed E-state index contributed by atoms with van der Waals surface area (Å²) >= 11 is 1.29. The molecule has 156 valence electrons. The Balaban J connectivity index is 1.33. The van der Waals surface area contributed by atoms with Crippen molar-refractivity contribution in [2.45, 2.75) is 50.8 Å². The van der Waals surface area contributed by atoms with Gasteiger partial charge in [-0.05, 0) is 55.5 Å². The van der Waals surface area contributed by atoms with Crippen molar-refractivity contribution in [3.05, 3.63) is 70.6 Å². The summed E-state index contributed by atoms with van der Waals surface area (Å²) < 4.78 is 11.5. The Morgan fingerprint density at radius 3 is 2.83 bits per heavy atom. The normalized spacial score (nSPS) is 14.3. The second-order valence-electron chi connectivity index (χ2n) is 7.56. The van der Waals surface area contributed by atoms with E-state index in [2.05, 4.69) is 22.3 Å². The van der Waals surface area contributed by atoms with Crippen LogP contribution in [0.25, 0.3) is 0 Å². The van der Waals surface area contributed by atoms with Gasteiger partial charge in [0.2, 0.25) is 5.91 Å². The van der Waals surface area contributed by atoms with E-state index in [1.165, 1.54) is 22.9 Å². The minimum absolute atomic E-state index is 0.0842. The number of hydrogen-bond donors (Lipinski definition) is 0. The molecule has 0 radical (unpaired) electrons. The predicted octanol–water partition coefficient (Wildman–Crippen LogP) is 4.33. The maximum atomic E-state index is 12.9. The van der Waals surface area contributed by atoms with Crippen molar-refractivity contribution in [2.24, 2.45) is 0 Å². The Bertz CT molecular complexity index is 1050. The summed E-state index contributed by atoms with van der Waals surface area (Å²) in [5, 5.41) is 8.20. The Kier molecular flexibility index (Phi) is 6.08. The number of thioether (sulfide) groups is 1. The van der Waals surface area contributed by atoms with Crippen LogP contribution in [0.5, 0.6) is 5.75 Å². The maximum absolute atomic E-state index is 12.9. The highest BCUT2D eigenvalue weighted by Crippen LogP contribution is 2.27. The quantitative estimate of drug-likeness (QED) is 0.550. The van der Waals surface area contributed by atoms with Crippen LogP contribution in [0.2, 0.25) is 0 Å². The number of carbonyl (C=O) groups is 1. The number of carbonyl (C=O) groups excluding carboxylic acids is 1. The number of fused-ring (bicyclic) bond motifs is 1. The molecular formula is C23H25N3O3S. The van der Waals surface area contributed by atoms with Crippen LogP contribution in [-0.2, 0) is 24.4 Å². The molecule has 3 aromatic rings. The fourth-order valence-electron chi connectivity index (χ4n) is 3.49. The molecule has 0 aliphatic carbocycles. The van der Waals surface area contributed by atoms with E-state index < -0.39 is 0 Å². The molecule has 1 aromatic heterocycles. The zero-order valence-corrected chi connectivity index (χ0v) is 18.2. The highest BCUT2D eigenvalue weighted by molar-refractivity contribution is 8.00. The average Bonchev–Trinajstić information content (AvgIpc) is 3.20. The molecule has 2 aromatic carbocycles. The molecule has 30 heavy (non-hydrogen) atoms. The van der Waals surface area contributed by atoms with E-state index >= 15 is 0 Å². The zero-order chi connectivity index (χ0) is 21.1. The standard InChI is InChI=1S/C23H25N3O3S/c1-15-8-9-16(2)20(12-15)28-14-21-24-25-23(29-21)30-17(3)22(27)26-11-10-18-6-4-5-7-19(18)13-26/h4-9,12,17H,10-11,13-14H2,1-3H3/t17-/m1/s1.